The number of nitrogens with zero attached hydrogens (tertiary/aromatic N) is 1. The number of rotatable bonds is 6. The molecule has 0 radical (unpaired) electrons. The van der Waals surface area contributed by atoms with Crippen molar-refractivity contribution in [2.45, 2.75) is 19.4 Å². The van der Waals surface area contributed by atoms with E-state index < -0.39 is 11.7 Å². The van der Waals surface area contributed by atoms with Crippen LogP contribution in [0.5, 0.6) is 17.2 Å². The van der Waals surface area contributed by atoms with Crippen molar-refractivity contribution in [2.75, 3.05) is 27.4 Å². The number of fused-ring (bicyclic) bond motifs is 2. The van der Waals surface area contributed by atoms with Crippen LogP contribution in [-0.2, 0) is 6.42 Å². The second-order valence-electron chi connectivity index (χ2n) is 8.77. The summed E-state index contributed by atoms with van der Waals surface area (Å²) in [6, 6.07) is 19.6. The van der Waals surface area contributed by atoms with Crippen LogP contribution in [0, 0.1) is 6.92 Å². The highest BCUT2D eigenvalue weighted by atomic mass is 16.5. The Kier molecular flexibility index (Phi) is 6.38. The van der Waals surface area contributed by atoms with Crippen LogP contribution in [0.4, 0.5) is 0 Å². The highest BCUT2D eigenvalue weighted by Crippen LogP contribution is 2.39. The lowest BCUT2D eigenvalue weighted by atomic mass is 9.91. The van der Waals surface area contributed by atoms with Gasteiger partial charge in [-0.25, -0.2) is 4.79 Å². The molecule has 0 fully saturated rings. The zero-order valence-corrected chi connectivity index (χ0v) is 20.4. The number of ether oxygens (including phenoxy) is 3. The number of hydrogen-bond acceptors (Lipinski definition) is 6. The molecule has 1 aromatic heterocycles. The molecular weight excluding hydrogens is 458 g/mol. The van der Waals surface area contributed by atoms with Gasteiger partial charge in [-0.1, -0.05) is 29.8 Å². The summed E-state index contributed by atoms with van der Waals surface area (Å²) in [5.41, 5.74) is 3.63. The molecule has 0 N–H and O–H groups in total. The first-order valence-corrected chi connectivity index (χ1v) is 11.8. The van der Waals surface area contributed by atoms with Gasteiger partial charge in [0.25, 0.3) is 5.91 Å². The minimum atomic E-state index is -0.494. The van der Waals surface area contributed by atoms with Crippen LogP contribution in [0.3, 0.4) is 0 Å². The minimum Gasteiger partial charge on any atom is -0.493 e. The molecular formula is C29H27NO6. The molecule has 1 aliphatic rings. The van der Waals surface area contributed by atoms with Crippen molar-refractivity contribution in [1.29, 1.82) is 0 Å². The van der Waals surface area contributed by atoms with E-state index >= 15 is 0 Å². The third kappa shape index (κ3) is 4.40. The molecule has 1 atom stereocenters. The largest absolute Gasteiger partial charge is 0.493 e. The molecule has 2 heterocycles. The van der Waals surface area contributed by atoms with Crippen molar-refractivity contribution >= 4 is 16.9 Å². The van der Waals surface area contributed by atoms with E-state index in [9.17, 15) is 9.59 Å². The molecule has 1 aliphatic heterocycles. The molecule has 5 rings (SSSR count). The monoisotopic (exact) mass is 485 g/mol. The molecule has 4 aromatic rings. The first-order valence-electron chi connectivity index (χ1n) is 11.8. The van der Waals surface area contributed by atoms with Gasteiger partial charge in [-0.15, -0.1) is 0 Å². The number of aryl methyl sites for hydroxylation is 1. The van der Waals surface area contributed by atoms with E-state index in [1.54, 1.807) is 26.4 Å². The summed E-state index contributed by atoms with van der Waals surface area (Å²) in [6.45, 7) is 2.65. The van der Waals surface area contributed by atoms with Gasteiger partial charge in [0, 0.05) is 12.1 Å². The molecule has 0 saturated heterocycles. The summed E-state index contributed by atoms with van der Waals surface area (Å²) in [5, 5.41) is 0.692. The van der Waals surface area contributed by atoms with E-state index in [0.29, 0.717) is 46.7 Å². The average molecular weight is 486 g/mol. The van der Waals surface area contributed by atoms with Crippen LogP contribution in [0.15, 0.2) is 75.9 Å². The number of para-hydroxylation sites is 1. The summed E-state index contributed by atoms with van der Waals surface area (Å²) in [7, 11) is 3.19. The van der Waals surface area contributed by atoms with Gasteiger partial charge in [0.05, 0.1) is 31.7 Å². The predicted octanol–water partition coefficient (Wildman–Crippen LogP) is 4.94. The number of hydrogen-bond donors (Lipinski definition) is 0. The smallest absolute Gasteiger partial charge is 0.339 e. The molecule has 0 spiro atoms. The topological polar surface area (TPSA) is 78.2 Å². The highest BCUT2D eigenvalue weighted by molar-refractivity contribution is 5.94. The molecule has 0 saturated carbocycles. The van der Waals surface area contributed by atoms with Gasteiger partial charge >= 0.3 is 5.63 Å². The summed E-state index contributed by atoms with van der Waals surface area (Å²) in [4.78, 5) is 27.6. The van der Waals surface area contributed by atoms with E-state index in [1.807, 2.05) is 60.4 Å². The fraction of sp³-hybridized carbons (Fsp3) is 0.241. The zero-order chi connectivity index (χ0) is 25.2. The Morgan fingerprint density at radius 2 is 1.69 bits per heavy atom. The SMILES string of the molecule is COc1cc2c(cc1OC)C(COc1cc(=O)oc3ccccc13)N(C(=O)c1ccc(C)cc1)CC2. The number of benzene rings is 3. The Bertz CT molecular complexity index is 1470. The molecule has 1 amide bonds. The first-order chi connectivity index (χ1) is 17.5. The number of methoxy groups -OCH3 is 2. The van der Waals surface area contributed by atoms with Crippen LogP contribution < -0.4 is 19.8 Å². The average Bonchev–Trinajstić information content (AvgIpc) is 2.90. The fourth-order valence-electron chi connectivity index (χ4n) is 4.68. The summed E-state index contributed by atoms with van der Waals surface area (Å²) >= 11 is 0. The van der Waals surface area contributed by atoms with Crippen LogP contribution in [0.2, 0.25) is 0 Å². The second-order valence-corrected chi connectivity index (χ2v) is 8.77. The normalized spacial score (nSPS) is 14.9. The van der Waals surface area contributed by atoms with Crippen molar-refractivity contribution < 1.29 is 23.4 Å². The minimum absolute atomic E-state index is 0.0820. The van der Waals surface area contributed by atoms with E-state index in [-0.39, 0.29) is 12.5 Å². The van der Waals surface area contributed by atoms with Crippen molar-refractivity contribution in [1.82, 2.24) is 4.90 Å². The Labute approximate surface area is 208 Å². The third-order valence-corrected chi connectivity index (χ3v) is 6.57. The van der Waals surface area contributed by atoms with E-state index in [2.05, 4.69) is 0 Å². The van der Waals surface area contributed by atoms with Gasteiger partial charge in [-0.05, 0) is 60.9 Å². The maximum absolute atomic E-state index is 13.6. The maximum atomic E-state index is 13.6. The Balaban J connectivity index is 1.55. The third-order valence-electron chi connectivity index (χ3n) is 6.57. The Morgan fingerprint density at radius 3 is 2.44 bits per heavy atom. The zero-order valence-electron chi connectivity index (χ0n) is 20.4. The van der Waals surface area contributed by atoms with Crippen LogP contribution in [0.1, 0.15) is 33.1 Å². The first kappa shape index (κ1) is 23.5. The van der Waals surface area contributed by atoms with Gasteiger partial charge in [-0.2, -0.15) is 0 Å². The molecule has 7 nitrogen and oxygen atoms in total. The van der Waals surface area contributed by atoms with E-state index in [0.717, 1.165) is 16.7 Å². The van der Waals surface area contributed by atoms with Crippen LogP contribution >= 0.6 is 0 Å². The standard InChI is InChI=1S/C29H27NO6/c1-18-8-10-19(11-9-18)29(32)30-13-12-20-14-26(33-2)27(34-3)15-22(20)23(30)17-35-25-16-28(31)36-24-7-5-4-6-21(24)25/h4-11,14-16,23H,12-13,17H2,1-3H3. The molecule has 36 heavy (non-hydrogen) atoms. The lowest BCUT2D eigenvalue weighted by Gasteiger charge is -2.37. The van der Waals surface area contributed by atoms with Crippen molar-refractivity contribution in [2.24, 2.45) is 0 Å². The molecule has 7 heteroatoms. The molecule has 3 aromatic carbocycles. The molecule has 0 aliphatic carbocycles. The van der Waals surface area contributed by atoms with Crippen molar-refractivity contribution in [3.8, 4) is 17.2 Å². The quantitative estimate of drug-likeness (QED) is 0.360. The van der Waals surface area contributed by atoms with Crippen molar-refractivity contribution in [3.05, 3.63) is 99.4 Å². The van der Waals surface area contributed by atoms with Crippen LogP contribution in [0.25, 0.3) is 11.0 Å². The van der Waals surface area contributed by atoms with E-state index in [4.69, 9.17) is 18.6 Å². The van der Waals surface area contributed by atoms with Gasteiger partial charge in [0.2, 0.25) is 0 Å². The van der Waals surface area contributed by atoms with E-state index in [1.165, 1.54) is 6.07 Å². The Morgan fingerprint density at radius 1 is 0.972 bits per heavy atom. The van der Waals surface area contributed by atoms with Gasteiger partial charge in [0.1, 0.15) is 17.9 Å². The number of carbonyl (C=O) groups excluding carboxylic acids is 1. The summed E-state index contributed by atoms with van der Waals surface area (Å²) < 4.78 is 22.6. The fourth-order valence-corrected chi connectivity index (χ4v) is 4.68. The van der Waals surface area contributed by atoms with Gasteiger partial charge in [0.15, 0.2) is 11.5 Å². The predicted molar refractivity (Wildman–Crippen MR) is 136 cm³/mol. The Hall–Kier alpha value is -4.26. The summed E-state index contributed by atoms with van der Waals surface area (Å²) in [5.74, 6) is 1.55. The van der Waals surface area contributed by atoms with Gasteiger partial charge in [-0.3, -0.25) is 4.79 Å². The molecule has 184 valence electrons. The van der Waals surface area contributed by atoms with Gasteiger partial charge < -0.3 is 23.5 Å². The highest BCUT2D eigenvalue weighted by Gasteiger charge is 2.33. The van der Waals surface area contributed by atoms with Crippen molar-refractivity contribution in [3.63, 3.8) is 0 Å². The van der Waals surface area contributed by atoms with Crippen LogP contribution in [-0.4, -0.2) is 38.2 Å². The number of carbonyl (C=O) groups is 1. The number of amides is 1. The molecule has 1 unspecified atom stereocenters. The summed E-state index contributed by atoms with van der Waals surface area (Å²) in [6.07, 6.45) is 0.668. The molecule has 0 bridgehead atoms. The lowest BCUT2D eigenvalue weighted by Crippen LogP contribution is -2.42. The second kappa shape index (κ2) is 9.77. The maximum Gasteiger partial charge on any atom is 0.339 e. The lowest BCUT2D eigenvalue weighted by molar-refractivity contribution is 0.0590.